The SMILES string of the molecule is CCCCCCN(CCC(=O)OC)C(=O)c1cccc(F)c1. The third-order valence-electron chi connectivity index (χ3n) is 3.45. The maximum atomic E-state index is 13.3. The fourth-order valence-electron chi connectivity index (χ4n) is 2.18. The van der Waals surface area contributed by atoms with E-state index in [4.69, 9.17) is 0 Å². The number of amides is 1. The van der Waals surface area contributed by atoms with E-state index in [1.165, 1.54) is 25.3 Å². The number of carbonyl (C=O) groups excluding carboxylic acids is 2. The Hall–Kier alpha value is -1.91. The molecule has 0 saturated carbocycles. The molecule has 0 saturated heterocycles. The van der Waals surface area contributed by atoms with Crippen molar-refractivity contribution in [2.45, 2.75) is 39.0 Å². The Labute approximate surface area is 131 Å². The highest BCUT2D eigenvalue weighted by Gasteiger charge is 2.17. The lowest BCUT2D eigenvalue weighted by atomic mass is 10.1. The molecule has 0 fully saturated rings. The molecule has 0 unspecified atom stereocenters. The summed E-state index contributed by atoms with van der Waals surface area (Å²) in [7, 11) is 1.32. The van der Waals surface area contributed by atoms with Crippen molar-refractivity contribution in [1.82, 2.24) is 4.90 Å². The molecule has 1 amide bonds. The molecular weight excluding hydrogens is 285 g/mol. The average Bonchev–Trinajstić information content (AvgIpc) is 2.53. The second-order valence-corrected chi connectivity index (χ2v) is 5.19. The van der Waals surface area contributed by atoms with Crippen LogP contribution >= 0.6 is 0 Å². The Morgan fingerprint density at radius 2 is 1.95 bits per heavy atom. The highest BCUT2D eigenvalue weighted by atomic mass is 19.1. The van der Waals surface area contributed by atoms with Crippen LogP contribution in [0.1, 0.15) is 49.4 Å². The zero-order valence-electron chi connectivity index (χ0n) is 13.3. The maximum absolute atomic E-state index is 13.3. The first-order chi connectivity index (χ1) is 10.6. The summed E-state index contributed by atoms with van der Waals surface area (Å²) in [4.78, 5) is 25.4. The molecule has 1 rings (SSSR count). The number of halogens is 1. The van der Waals surface area contributed by atoms with Gasteiger partial charge in [0.2, 0.25) is 0 Å². The fourth-order valence-corrected chi connectivity index (χ4v) is 2.18. The molecule has 0 aliphatic heterocycles. The van der Waals surface area contributed by atoms with Gasteiger partial charge >= 0.3 is 5.97 Å². The number of hydrogen-bond acceptors (Lipinski definition) is 3. The van der Waals surface area contributed by atoms with E-state index in [-0.39, 0.29) is 24.8 Å². The van der Waals surface area contributed by atoms with Gasteiger partial charge in [-0.1, -0.05) is 32.3 Å². The van der Waals surface area contributed by atoms with E-state index < -0.39 is 5.82 Å². The molecule has 122 valence electrons. The predicted octanol–water partition coefficient (Wildman–Crippen LogP) is 3.41. The Morgan fingerprint density at radius 1 is 1.18 bits per heavy atom. The normalized spacial score (nSPS) is 10.3. The standard InChI is InChI=1S/C17H24FNO3/c1-3-4-5-6-11-19(12-10-16(20)22-2)17(21)14-8-7-9-15(18)13-14/h7-9,13H,3-6,10-12H2,1-2H3. The molecule has 0 atom stereocenters. The van der Waals surface area contributed by atoms with Crippen LogP contribution in [0.15, 0.2) is 24.3 Å². The zero-order valence-corrected chi connectivity index (χ0v) is 13.3. The van der Waals surface area contributed by atoms with Crippen LogP contribution in [0.2, 0.25) is 0 Å². The summed E-state index contributed by atoms with van der Waals surface area (Å²) in [5, 5.41) is 0. The van der Waals surface area contributed by atoms with E-state index in [2.05, 4.69) is 11.7 Å². The lowest BCUT2D eigenvalue weighted by Gasteiger charge is -2.22. The van der Waals surface area contributed by atoms with Crippen molar-refractivity contribution >= 4 is 11.9 Å². The number of unbranched alkanes of at least 4 members (excludes halogenated alkanes) is 3. The van der Waals surface area contributed by atoms with Crippen LogP contribution < -0.4 is 0 Å². The third kappa shape index (κ3) is 6.24. The highest BCUT2D eigenvalue weighted by Crippen LogP contribution is 2.10. The number of rotatable bonds is 9. The number of carbonyl (C=O) groups is 2. The molecule has 0 radical (unpaired) electrons. The van der Waals surface area contributed by atoms with E-state index in [1.54, 1.807) is 11.0 Å². The quantitative estimate of drug-likeness (QED) is 0.519. The molecule has 0 aliphatic carbocycles. The molecule has 0 N–H and O–H groups in total. The summed E-state index contributed by atoms with van der Waals surface area (Å²) < 4.78 is 17.9. The lowest BCUT2D eigenvalue weighted by Crippen LogP contribution is -2.34. The first-order valence-corrected chi connectivity index (χ1v) is 7.70. The minimum Gasteiger partial charge on any atom is -0.469 e. The Kier molecular flexibility index (Phi) is 8.18. The van der Waals surface area contributed by atoms with Gasteiger partial charge in [0.05, 0.1) is 13.5 Å². The second-order valence-electron chi connectivity index (χ2n) is 5.19. The molecule has 0 aromatic heterocycles. The Morgan fingerprint density at radius 3 is 2.59 bits per heavy atom. The summed E-state index contributed by atoms with van der Waals surface area (Å²) in [6, 6.07) is 5.62. The van der Waals surface area contributed by atoms with Gasteiger partial charge in [-0.25, -0.2) is 4.39 Å². The van der Waals surface area contributed by atoms with E-state index in [9.17, 15) is 14.0 Å². The molecule has 1 aromatic carbocycles. The van der Waals surface area contributed by atoms with Crippen molar-refractivity contribution in [3.8, 4) is 0 Å². The van der Waals surface area contributed by atoms with Gasteiger partial charge in [-0.3, -0.25) is 9.59 Å². The van der Waals surface area contributed by atoms with Crippen molar-refractivity contribution in [1.29, 1.82) is 0 Å². The third-order valence-corrected chi connectivity index (χ3v) is 3.45. The number of hydrogen-bond donors (Lipinski definition) is 0. The Bertz CT molecular complexity index is 491. The average molecular weight is 309 g/mol. The highest BCUT2D eigenvalue weighted by molar-refractivity contribution is 5.94. The summed E-state index contributed by atoms with van der Waals surface area (Å²) >= 11 is 0. The Balaban J connectivity index is 2.69. The van der Waals surface area contributed by atoms with Gasteiger partial charge in [-0.15, -0.1) is 0 Å². The van der Waals surface area contributed by atoms with Crippen LogP contribution in [0.3, 0.4) is 0 Å². The first-order valence-electron chi connectivity index (χ1n) is 7.70. The van der Waals surface area contributed by atoms with Crippen LogP contribution in [0.4, 0.5) is 4.39 Å². The molecule has 4 nitrogen and oxygen atoms in total. The molecule has 0 aliphatic rings. The summed E-state index contributed by atoms with van der Waals surface area (Å²) in [5.74, 6) is -1.05. The number of methoxy groups -OCH3 is 1. The minimum absolute atomic E-state index is 0.144. The van der Waals surface area contributed by atoms with Crippen LogP contribution in [-0.4, -0.2) is 37.0 Å². The van der Waals surface area contributed by atoms with Gasteiger partial charge in [0.1, 0.15) is 5.82 Å². The van der Waals surface area contributed by atoms with Crippen molar-refractivity contribution in [2.75, 3.05) is 20.2 Å². The van der Waals surface area contributed by atoms with E-state index in [0.29, 0.717) is 12.1 Å². The van der Waals surface area contributed by atoms with E-state index in [0.717, 1.165) is 25.7 Å². The van der Waals surface area contributed by atoms with Crippen molar-refractivity contribution in [2.24, 2.45) is 0 Å². The fraction of sp³-hybridized carbons (Fsp3) is 0.529. The van der Waals surface area contributed by atoms with Crippen LogP contribution in [-0.2, 0) is 9.53 Å². The summed E-state index contributed by atoms with van der Waals surface area (Å²) in [6.07, 6.45) is 4.27. The molecule has 0 spiro atoms. The van der Waals surface area contributed by atoms with Gasteiger partial charge < -0.3 is 9.64 Å². The maximum Gasteiger partial charge on any atom is 0.307 e. The van der Waals surface area contributed by atoms with Crippen LogP contribution in [0.5, 0.6) is 0 Å². The van der Waals surface area contributed by atoms with Gasteiger partial charge in [0, 0.05) is 18.7 Å². The van der Waals surface area contributed by atoms with Gasteiger partial charge in [-0.2, -0.15) is 0 Å². The topological polar surface area (TPSA) is 46.6 Å². The molecular formula is C17H24FNO3. The van der Waals surface area contributed by atoms with Crippen molar-refractivity contribution in [3.63, 3.8) is 0 Å². The molecule has 0 bridgehead atoms. The van der Waals surface area contributed by atoms with Crippen LogP contribution in [0, 0.1) is 5.82 Å². The minimum atomic E-state index is -0.440. The monoisotopic (exact) mass is 309 g/mol. The van der Waals surface area contributed by atoms with Gasteiger partial charge in [0.15, 0.2) is 0 Å². The van der Waals surface area contributed by atoms with Crippen molar-refractivity contribution < 1.29 is 18.7 Å². The van der Waals surface area contributed by atoms with Crippen molar-refractivity contribution in [3.05, 3.63) is 35.6 Å². The van der Waals surface area contributed by atoms with Gasteiger partial charge in [-0.05, 0) is 24.6 Å². The van der Waals surface area contributed by atoms with E-state index >= 15 is 0 Å². The lowest BCUT2D eigenvalue weighted by molar-refractivity contribution is -0.140. The molecule has 5 heteroatoms. The smallest absolute Gasteiger partial charge is 0.307 e. The first kappa shape index (κ1) is 18.1. The molecule has 0 heterocycles. The largest absolute Gasteiger partial charge is 0.469 e. The zero-order chi connectivity index (χ0) is 16.4. The number of ether oxygens (including phenoxy) is 1. The number of esters is 1. The van der Waals surface area contributed by atoms with Gasteiger partial charge in [0.25, 0.3) is 5.91 Å². The predicted molar refractivity (Wildman–Crippen MR) is 83.1 cm³/mol. The summed E-state index contributed by atoms with van der Waals surface area (Å²) in [5.41, 5.74) is 0.306. The summed E-state index contributed by atoms with van der Waals surface area (Å²) in [6.45, 7) is 2.97. The van der Waals surface area contributed by atoms with E-state index in [1.807, 2.05) is 0 Å². The second kappa shape index (κ2) is 9.92. The molecule has 22 heavy (non-hydrogen) atoms. The number of benzene rings is 1. The van der Waals surface area contributed by atoms with Crippen LogP contribution in [0.25, 0.3) is 0 Å². The number of nitrogens with zero attached hydrogens (tertiary/aromatic N) is 1. The molecule has 1 aromatic rings.